The molecule has 5 rings (SSSR count). The minimum Gasteiger partial charge on any atom is -0.494 e. The van der Waals surface area contributed by atoms with Crippen LogP contribution >= 0.6 is 23.2 Å². The number of esters is 1. The van der Waals surface area contributed by atoms with Gasteiger partial charge in [0.15, 0.2) is 0 Å². The van der Waals surface area contributed by atoms with E-state index in [1.54, 1.807) is 30.3 Å². The number of para-hydroxylation sites is 1. The second-order valence-corrected chi connectivity index (χ2v) is 9.48. The van der Waals surface area contributed by atoms with E-state index in [1.807, 2.05) is 55.5 Å². The molecular weight excluding hydrogens is 549 g/mol. The highest BCUT2D eigenvalue weighted by Gasteiger charge is 2.20. The molecule has 1 heterocycles. The lowest BCUT2D eigenvalue weighted by molar-refractivity contribution is 0.0734. The summed E-state index contributed by atoms with van der Waals surface area (Å²) >= 11 is 12.1. The minimum absolute atomic E-state index is 0.172. The molecule has 7 nitrogen and oxygen atoms in total. The summed E-state index contributed by atoms with van der Waals surface area (Å²) < 4.78 is 11.2. The van der Waals surface area contributed by atoms with Crippen LogP contribution in [0, 0.1) is 0 Å². The fourth-order valence-electron chi connectivity index (χ4n) is 4.21. The molecule has 2 N–H and O–H groups in total. The van der Waals surface area contributed by atoms with Crippen molar-refractivity contribution in [2.75, 3.05) is 6.61 Å². The summed E-state index contributed by atoms with van der Waals surface area (Å²) in [5.74, 6) is -0.131. The number of benzene rings is 4. The number of aromatic nitrogens is 1. The number of hydrazone groups is 1. The van der Waals surface area contributed by atoms with Gasteiger partial charge in [-0.05, 0) is 61.0 Å². The van der Waals surface area contributed by atoms with E-state index in [0.29, 0.717) is 28.6 Å². The van der Waals surface area contributed by atoms with Gasteiger partial charge in [0.05, 0.1) is 23.4 Å². The van der Waals surface area contributed by atoms with E-state index in [2.05, 4.69) is 15.5 Å². The summed E-state index contributed by atoms with van der Waals surface area (Å²) in [7, 11) is 0. The van der Waals surface area contributed by atoms with Crippen LogP contribution in [0.1, 0.15) is 33.3 Å². The molecule has 0 aliphatic carbocycles. The van der Waals surface area contributed by atoms with E-state index in [9.17, 15) is 9.59 Å². The van der Waals surface area contributed by atoms with E-state index in [1.165, 1.54) is 18.3 Å². The van der Waals surface area contributed by atoms with Crippen LogP contribution in [0.5, 0.6) is 11.5 Å². The van der Waals surface area contributed by atoms with Crippen molar-refractivity contribution in [2.45, 2.75) is 6.92 Å². The van der Waals surface area contributed by atoms with E-state index < -0.39 is 11.9 Å². The number of nitrogens with zero attached hydrogens (tertiary/aromatic N) is 1. The Bertz CT molecular complexity index is 1730. The maximum absolute atomic E-state index is 13.3. The van der Waals surface area contributed by atoms with Crippen LogP contribution in [0.2, 0.25) is 10.0 Å². The quantitative estimate of drug-likeness (QED) is 0.0871. The zero-order valence-electron chi connectivity index (χ0n) is 21.3. The molecule has 0 saturated heterocycles. The second kappa shape index (κ2) is 12.1. The molecule has 0 aliphatic rings. The number of rotatable bonds is 8. The highest BCUT2D eigenvalue weighted by Crippen LogP contribution is 2.34. The molecule has 200 valence electrons. The van der Waals surface area contributed by atoms with Crippen LogP contribution in [0.25, 0.3) is 22.0 Å². The first-order valence-corrected chi connectivity index (χ1v) is 13.1. The molecule has 4 aromatic carbocycles. The number of carbonyl (C=O) groups excluding carboxylic acids is 2. The van der Waals surface area contributed by atoms with Gasteiger partial charge in [-0.1, -0.05) is 65.7 Å². The lowest BCUT2D eigenvalue weighted by Crippen LogP contribution is -2.19. The minimum atomic E-state index is -0.649. The summed E-state index contributed by atoms with van der Waals surface area (Å²) in [6, 6.07) is 26.6. The Morgan fingerprint density at radius 1 is 0.950 bits per heavy atom. The number of nitrogens with one attached hydrogen (secondary N) is 2. The van der Waals surface area contributed by atoms with Crippen molar-refractivity contribution in [3.8, 4) is 22.6 Å². The molecule has 0 unspecified atom stereocenters. The largest absolute Gasteiger partial charge is 0.494 e. The van der Waals surface area contributed by atoms with E-state index >= 15 is 0 Å². The molecule has 0 saturated carbocycles. The molecule has 0 spiro atoms. The molecule has 1 aromatic heterocycles. The number of H-pyrrole nitrogens is 1. The average molecular weight is 572 g/mol. The molecule has 40 heavy (non-hydrogen) atoms. The normalized spacial score (nSPS) is 11.1. The van der Waals surface area contributed by atoms with E-state index in [-0.39, 0.29) is 16.3 Å². The molecule has 9 heteroatoms. The van der Waals surface area contributed by atoms with Gasteiger partial charge in [-0.3, -0.25) is 4.79 Å². The van der Waals surface area contributed by atoms with E-state index in [0.717, 1.165) is 22.0 Å². The van der Waals surface area contributed by atoms with Gasteiger partial charge in [0.1, 0.15) is 17.2 Å². The average Bonchev–Trinajstić information content (AvgIpc) is 3.33. The standard InChI is InChI=1S/C31H23Cl2N3O4/c1-2-39-22-13-15-26-24(17-22)28(19-8-4-3-5-9-19)29(35-26)30(37)36-34-18-20-10-6-7-11-27(20)40-31(38)23-14-12-21(32)16-25(23)33/h3-18,35H,2H2,1H3,(H,36,37). The lowest BCUT2D eigenvalue weighted by Gasteiger charge is -2.08. The molecule has 0 radical (unpaired) electrons. The van der Waals surface area contributed by atoms with Crippen LogP contribution in [-0.2, 0) is 0 Å². The van der Waals surface area contributed by atoms with Crippen LogP contribution in [0.4, 0.5) is 0 Å². The Kier molecular flexibility index (Phi) is 8.15. The first-order chi connectivity index (χ1) is 19.4. The second-order valence-electron chi connectivity index (χ2n) is 8.63. The fraction of sp³-hybridized carbons (Fsp3) is 0.0645. The van der Waals surface area contributed by atoms with Gasteiger partial charge in [-0.2, -0.15) is 5.10 Å². The number of hydrogen-bond acceptors (Lipinski definition) is 5. The summed E-state index contributed by atoms with van der Waals surface area (Å²) in [6.07, 6.45) is 1.40. The first kappa shape index (κ1) is 27.0. The van der Waals surface area contributed by atoms with Gasteiger partial charge in [-0.15, -0.1) is 0 Å². The van der Waals surface area contributed by atoms with Crippen molar-refractivity contribution < 1.29 is 19.1 Å². The molecule has 0 atom stereocenters. The third kappa shape index (κ3) is 5.86. The Balaban J connectivity index is 1.40. The summed E-state index contributed by atoms with van der Waals surface area (Å²) in [5.41, 5.74) is 5.97. The van der Waals surface area contributed by atoms with Crippen molar-refractivity contribution in [3.05, 3.63) is 118 Å². The van der Waals surface area contributed by atoms with Gasteiger partial charge >= 0.3 is 5.97 Å². The highest BCUT2D eigenvalue weighted by atomic mass is 35.5. The van der Waals surface area contributed by atoms with Gasteiger partial charge in [-0.25, -0.2) is 10.2 Å². The predicted molar refractivity (Wildman–Crippen MR) is 158 cm³/mol. The van der Waals surface area contributed by atoms with E-state index in [4.69, 9.17) is 32.7 Å². The lowest BCUT2D eigenvalue weighted by atomic mass is 10.0. The van der Waals surface area contributed by atoms with Crippen LogP contribution in [0.3, 0.4) is 0 Å². The zero-order chi connectivity index (χ0) is 28.1. The van der Waals surface area contributed by atoms with Gasteiger partial charge < -0.3 is 14.5 Å². The number of hydrogen-bond donors (Lipinski definition) is 2. The Morgan fingerprint density at radius 2 is 1.73 bits per heavy atom. The Hall–Kier alpha value is -4.59. The molecule has 5 aromatic rings. The first-order valence-electron chi connectivity index (χ1n) is 12.4. The van der Waals surface area contributed by atoms with Crippen LogP contribution in [0.15, 0.2) is 96.1 Å². The van der Waals surface area contributed by atoms with Crippen molar-refractivity contribution in [1.82, 2.24) is 10.4 Å². The Labute approximate surface area is 240 Å². The van der Waals surface area contributed by atoms with Gasteiger partial charge in [0, 0.05) is 27.1 Å². The van der Waals surface area contributed by atoms with Gasteiger partial charge in [0.2, 0.25) is 0 Å². The van der Waals surface area contributed by atoms with Crippen LogP contribution < -0.4 is 14.9 Å². The maximum Gasteiger partial charge on any atom is 0.345 e. The summed E-state index contributed by atoms with van der Waals surface area (Å²) in [4.78, 5) is 29.2. The number of carbonyl (C=O) groups is 2. The van der Waals surface area contributed by atoms with Crippen molar-refractivity contribution in [1.29, 1.82) is 0 Å². The van der Waals surface area contributed by atoms with Crippen molar-refractivity contribution in [2.24, 2.45) is 5.10 Å². The summed E-state index contributed by atoms with van der Waals surface area (Å²) in [6.45, 7) is 2.45. The van der Waals surface area contributed by atoms with Crippen molar-refractivity contribution in [3.63, 3.8) is 0 Å². The zero-order valence-corrected chi connectivity index (χ0v) is 22.8. The topological polar surface area (TPSA) is 92.8 Å². The summed E-state index contributed by atoms with van der Waals surface area (Å²) in [5, 5.41) is 5.57. The SMILES string of the molecule is CCOc1ccc2[nH]c(C(=O)NN=Cc3ccccc3OC(=O)c3ccc(Cl)cc3Cl)c(-c3ccccc3)c2c1. The monoisotopic (exact) mass is 571 g/mol. The number of amides is 1. The predicted octanol–water partition coefficient (Wildman–Crippen LogP) is 7.52. The maximum atomic E-state index is 13.3. The van der Waals surface area contributed by atoms with Crippen LogP contribution in [-0.4, -0.2) is 29.7 Å². The van der Waals surface area contributed by atoms with Gasteiger partial charge in [0.25, 0.3) is 5.91 Å². The number of halogens is 2. The fourth-order valence-corrected chi connectivity index (χ4v) is 4.69. The molecule has 0 fully saturated rings. The number of aromatic amines is 1. The third-order valence-corrected chi connectivity index (χ3v) is 6.56. The molecule has 0 aliphatic heterocycles. The molecular formula is C31H23Cl2N3O4. The number of fused-ring (bicyclic) bond motifs is 1. The smallest absolute Gasteiger partial charge is 0.345 e. The third-order valence-electron chi connectivity index (χ3n) is 6.01. The highest BCUT2D eigenvalue weighted by molar-refractivity contribution is 6.36. The molecule has 0 bridgehead atoms. The van der Waals surface area contributed by atoms with Crippen molar-refractivity contribution >= 4 is 52.2 Å². The Morgan fingerprint density at radius 3 is 2.50 bits per heavy atom. The molecule has 1 amide bonds. The number of ether oxygens (including phenoxy) is 2.